The predicted octanol–water partition coefficient (Wildman–Crippen LogP) is 1.63. The zero-order valence-corrected chi connectivity index (χ0v) is 9.25. The van der Waals surface area contributed by atoms with E-state index in [1.165, 1.54) is 6.42 Å². The summed E-state index contributed by atoms with van der Waals surface area (Å²) in [5.41, 5.74) is 1.89. The van der Waals surface area contributed by atoms with E-state index < -0.39 is 8.56 Å². The molecule has 0 aromatic heterocycles. The van der Waals surface area contributed by atoms with Crippen LogP contribution in [0.15, 0.2) is 12.3 Å². The molecule has 0 aliphatic carbocycles. The molecular weight excluding hydrogens is 184 g/mol. The molecule has 0 saturated carbocycles. The van der Waals surface area contributed by atoms with E-state index in [2.05, 4.69) is 6.58 Å². The summed E-state index contributed by atoms with van der Waals surface area (Å²) in [5.74, 6) is 0. The third-order valence-electron chi connectivity index (χ3n) is 2.21. The van der Waals surface area contributed by atoms with Gasteiger partial charge in [-0.3, -0.25) is 0 Å². The van der Waals surface area contributed by atoms with Crippen LogP contribution in [0.2, 0.25) is 6.04 Å². The Morgan fingerprint density at radius 3 is 2.85 bits per heavy atom. The minimum atomic E-state index is -2.01. The van der Waals surface area contributed by atoms with Gasteiger partial charge in [0.15, 0.2) is 0 Å². The summed E-state index contributed by atoms with van der Waals surface area (Å²) in [5, 5.41) is 0. The first-order chi connectivity index (χ1) is 6.33. The van der Waals surface area contributed by atoms with Crippen molar-refractivity contribution in [3.8, 4) is 0 Å². The number of hydrogen-bond donors (Lipinski definition) is 0. The molecule has 1 unspecified atom stereocenters. The number of methoxy groups -OCH3 is 1. The molecule has 1 heterocycles. The summed E-state index contributed by atoms with van der Waals surface area (Å²) in [4.78, 5) is 0. The lowest BCUT2D eigenvalue weighted by atomic mass is 10.4. The maximum Gasteiger partial charge on any atom is 0.364 e. The SMILES string of the molecule is C=C[Si]1(OCCOC)CCCCO1. The molecule has 1 atom stereocenters. The lowest BCUT2D eigenvalue weighted by Crippen LogP contribution is -2.43. The summed E-state index contributed by atoms with van der Waals surface area (Å²) in [7, 11) is -0.336. The predicted molar refractivity (Wildman–Crippen MR) is 53.8 cm³/mol. The summed E-state index contributed by atoms with van der Waals surface area (Å²) in [6.45, 7) is 5.88. The van der Waals surface area contributed by atoms with Crippen LogP contribution >= 0.6 is 0 Å². The minimum Gasteiger partial charge on any atom is -0.391 e. The fraction of sp³-hybridized carbons (Fsp3) is 0.778. The van der Waals surface area contributed by atoms with Gasteiger partial charge in [-0.25, -0.2) is 0 Å². The molecule has 0 aromatic rings. The average molecular weight is 202 g/mol. The second kappa shape index (κ2) is 5.54. The quantitative estimate of drug-likeness (QED) is 0.501. The molecule has 13 heavy (non-hydrogen) atoms. The second-order valence-corrected chi connectivity index (χ2v) is 6.27. The Labute approximate surface area is 80.9 Å². The zero-order valence-electron chi connectivity index (χ0n) is 8.25. The van der Waals surface area contributed by atoms with E-state index in [1.807, 2.05) is 5.70 Å². The van der Waals surface area contributed by atoms with Crippen LogP contribution in [-0.2, 0) is 13.6 Å². The first kappa shape index (κ1) is 10.9. The Morgan fingerprint density at radius 1 is 1.46 bits per heavy atom. The van der Waals surface area contributed by atoms with Crippen molar-refractivity contribution in [2.24, 2.45) is 0 Å². The molecule has 1 aliphatic rings. The molecule has 0 amide bonds. The van der Waals surface area contributed by atoms with Gasteiger partial charge in [0.2, 0.25) is 0 Å². The van der Waals surface area contributed by atoms with Crippen LogP contribution in [0.1, 0.15) is 12.8 Å². The van der Waals surface area contributed by atoms with Crippen molar-refractivity contribution < 1.29 is 13.6 Å². The topological polar surface area (TPSA) is 27.7 Å². The van der Waals surface area contributed by atoms with E-state index in [4.69, 9.17) is 13.6 Å². The standard InChI is InChI=1S/C9H18O3Si/c1-3-13(12-8-7-10-2)9-5-4-6-11-13/h3H,1,4-9H2,2H3. The van der Waals surface area contributed by atoms with Crippen LogP contribution in [0.3, 0.4) is 0 Å². The average Bonchev–Trinajstić information content (AvgIpc) is 2.20. The van der Waals surface area contributed by atoms with Crippen molar-refractivity contribution in [1.82, 2.24) is 0 Å². The molecule has 3 nitrogen and oxygen atoms in total. The molecule has 0 N–H and O–H groups in total. The number of ether oxygens (including phenoxy) is 1. The lowest BCUT2D eigenvalue weighted by Gasteiger charge is -2.31. The Morgan fingerprint density at radius 2 is 2.31 bits per heavy atom. The summed E-state index contributed by atoms with van der Waals surface area (Å²) in [6, 6.07) is 1.04. The highest BCUT2D eigenvalue weighted by molar-refractivity contribution is 6.72. The molecule has 0 bridgehead atoms. The van der Waals surface area contributed by atoms with Crippen LogP contribution < -0.4 is 0 Å². The van der Waals surface area contributed by atoms with Crippen LogP contribution in [0, 0.1) is 0 Å². The molecule has 1 fully saturated rings. The minimum absolute atomic E-state index is 0.620. The molecule has 1 rings (SSSR count). The van der Waals surface area contributed by atoms with Gasteiger partial charge in [0.25, 0.3) is 0 Å². The van der Waals surface area contributed by atoms with Crippen molar-refractivity contribution in [3.63, 3.8) is 0 Å². The summed E-state index contributed by atoms with van der Waals surface area (Å²) < 4.78 is 16.4. The van der Waals surface area contributed by atoms with Gasteiger partial charge in [0.1, 0.15) is 0 Å². The Bertz CT molecular complexity index is 155. The Kier molecular flexibility index (Phi) is 4.65. The molecule has 1 aliphatic heterocycles. The first-order valence-electron chi connectivity index (χ1n) is 4.73. The fourth-order valence-corrected chi connectivity index (χ4v) is 3.90. The van der Waals surface area contributed by atoms with E-state index in [0.717, 1.165) is 19.1 Å². The fourth-order valence-electron chi connectivity index (χ4n) is 1.42. The monoisotopic (exact) mass is 202 g/mol. The lowest BCUT2D eigenvalue weighted by molar-refractivity contribution is 0.105. The van der Waals surface area contributed by atoms with Crippen LogP contribution in [0.4, 0.5) is 0 Å². The maximum absolute atomic E-state index is 5.73. The van der Waals surface area contributed by atoms with E-state index in [0.29, 0.717) is 13.2 Å². The summed E-state index contributed by atoms with van der Waals surface area (Å²) in [6.07, 6.45) is 2.35. The van der Waals surface area contributed by atoms with Gasteiger partial charge in [-0.05, 0) is 24.6 Å². The van der Waals surface area contributed by atoms with E-state index in [9.17, 15) is 0 Å². The first-order valence-corrected chi connectivity index (χ1v) is 6.83. The maximum atomic E-state index is 5.73. The van der Waals surface area contributed by atoms with Crippen molar-refractivity contribution in [3.05, 3.63) is 12.3 Å². The van der Waals surface area contributed by atoms with Crippen LogP contribution in [0.25, 0.3) is 0 Å². The van der Waals surface area contributed by atoms with Crippen molar-refractivity contribution in [1.29, 1.82) is 0 Å². The molecule has 0 aromatic carbocycles. The third kappa shape index (κ3) is 3.23. The molecule has 76 valence electrons. The highest BCUT2D eigenvalue weighted by Crippen LogP contribution is 2.23. The molecule has 4 heteroatoms. The van der Waals surface area contributed by atoms with Crippen molar-refractivity contribution in [2.45, 2.75) is 18.9 Å². The van der Waals surface area contributed by atoms with Crippen LogP contribution in [0.5, 0.6) is 0 Å². The van der Waals surface area contributed by atoms with E-state index >= 15 is 0 Å². The normalized spacial score (nSPS) is 28.7. The molecule has 0 spiro atoms. The van der Waals surface area contributed by atoms with Gasteiger partial charge in [0.05, 0.1) is 13.2 Å². The number of hydrogen-bond acceptors (Lipinski definition) is 3. The molecule has 0 radical (unpaired) electrons. The highest BCUT2D eigenvalue weighted by atomic mass is 28.4. The van der Waals surface area contributed by atoms with Gasteiger partial charge in [0, 0.05) is 13.7 Å². The van der Waals surface area contributed by atoms with Crippen molar-refractivity contribution in [2.75, 3.05) is 26.9 Å². The van der Waals surface area contributed by atoms with Gasteiger partial charge in [-0.1, -0.05) is 0 Å². The van der Waals surface area contributed by atoms with Crippen LogP contribution in [-0.4, -0.2) is 35.5 Å². The summed E-state index contributed by atoms with van der Waals surface area (Å²) >= 11 is 0. The third-order valence-corrected chi connectivity index (χ3v) is 5.27. The van der Waals surface area contributed by atoms with Gasteiger partial charge >= 0.3 is 8.56 Å². The zero-order chi connectivity index (χ0) is 9.57. The molecule has 1 saturated heterocycles. The van der Waals surface area contributed by atoms with Gasteiger partial charge in [-0.15, -0.1) is 6.58 Å². The largest absolute Gasteiger partial charge is 0.391 e. The van der Waals surface area contributed by atoms with E-state index in [-0.39, 0.29) is 0 Å². The Hall–Kier alpha value is -0.163. The number of rotatable bonds is 5. The second-order valence-electron chi connectivity index (χ2n) is 3.16. The highest BCUT2D eigenvalue weighted by Gasteiger charge is 2.35. The molecular formula is C9H18O3Si. The van der Waals surface area contributed by atoms with Crippen molar-refractivity contribution >= 4 is 8.56 Å². The van der Waals surface area contributed by atoms with E-state index in [1.54, 1.807) is 7.11 Å². The van der Waals surface area contributed by atoms with Gasteiger partial charge < -0.3 is 13.6 Å². The smallest absolute Gasteiger partial charge is 0.364 e. The Balaban J connectivity index is 2.33. The van der Waals surface area contributed by atoms with Gasteiger partial charge in [-0.2, -0.15) is 0 Å².